The van der Waals surface area contributed by atoms with Crippen LogP contribution >= 0.6 is 0 Å². The van der Waals surface area contributed by atoms with Crippen LogP contribution in [0.2, 0.25) is 0 Å². The van der Waals surface area contributed by atoms with Gasteiger partial charge in [-0.05, 0) is 12.0 Å². The van der Waals surface area contributed by atoms with E-state index in [4.69, 9.17) is 0 Å². The molecule has 0 aliphatic carbocycles. The maximum atomic E-state index is 12.0. The fourth-order valence-corrected chi connectivity index (χ4v) is 1.60. The van der Waals surface area contributed by atoms with Crippen molar-refractivity contribution in [2.45, 2.75) is 13.3 Å². The Balaban J connectivity index is 0.00000144. The maximum Gasteiger partial charge on any atom is 0.169 e. The van der Waals surface area contributed by atoms with E-state index in [-0.39, 0.29) is 36.9 Å². The number of hydrogen-bond donors (Lipinski definition) is 0. The predicted molar refractivity (Wildman–Crippen MR) is 64.5 cm³/mol. The van der Waals surface area contributed by atoms with Gasteiger partial charge in [-0.2, -0.15) is 30.3 Å². The van der Waals surface area contributed by atoms with Gasteiger partial charge in [-0.3, -0.25) is 4.79 Å². The summed E-state index contributed by atoms with van der Waals surface area (Å²) in [6.45, 7) is 2.10. The van der Waals surface area contributed by atoms with Gasteiger partial charge in [0.15, 0.2) is 5.78 Å². The van der Waals surface area contributed by atoms with Crippen molar-refractivity contribution in [1.82, 2.24) is 0 Å². The van der Waals surface area contributed by atoms with Gasteiger partial charge in [0.1, 0.15) is 0 Å². The van der Waals surface area contributed by atoms with E-state index < -0.39 is 0 Å². The molecule has 0 bridgehead atoms. The van der Waals surface area contributed by atoms with Gasteiger partial charge in [0.05, 0.1) is 0 Å². The summed E-state index contributed by atoms with van der Waals surface area (Å²) in [5.74, 6) is 0.0663. The van der Waals surface area contributed by atoms with Gasteiger partial charge in [0.25, 0.3) is 0 Å². The molecule has 0 aromatic heterocycles. The van der Waals surface area contributed by atoms with Gasteiger partial charge in [-0.25, -0.2) is 0 Å². The number of carbonyl (C=O) groups is 1. The third kappa shape index (κ3) is 3.56. The molecule has 0 spiro atoms. The second kappa shape index (κ2) is 6.79. The number of benzene rings is 2. The summed E-state index contributed by atoms with van der Waals surface area (Å²) in [5, 5.41) is 0. The Morgan fingerprint density at radius 2 is 1.53 bits per heavy atom. The van der Waals surface area contributed by atoms with Crippen molar-refractivity contribution in [2.24, 2.45) is 0 Å². The quantitative estimate of drug-likeness (QED) is 0.522. The van der Waals surface area contributed by atoms with E-state index in [1.165, 1.54) is 5.56 Å². The molecule has 0 N–H and O–H groups in total. The maximum absolute atomic E-state index is 12.0. The number of ketones is 1. The van der Waals surface area contributed by atoms with Crippen molar-refractivity contribution in [2.75, 3.05) is 0 Å². The van der Waals surface area contributed by atoms with Crippen molar-refractivity contribution < 1.29 is 35.9 Å². The monoisotopic (exact) mass is 447 g/mol. The molecule has 0 amide bonds. The largest absolute Gasteiger partial charge is 0.291 e. The van der Waals surface area contributed by atoms with Crippen LogP contribution in [0, 0.1) is 37.2 Å². The van der Waals surface area contributed by atoms with Gasteiger partial charge >= 0.3 is 0 Å². The van der Waals surface area contributed by atoms with Crippen LogP contribution in [-0.4, -0.2) is 5.78 Å². The molecule has 0 heterocycles. The standard InChI is InChI=1S/C15H13O.U/c1-2-12-8-10-14(11-9-12)15(16)13-6-4-3-5-7-13;/h4-11H,2H2,1H3;/q-1;. The van der Waals surface area contributed by atoms with E-state index in [9.17, 15) is 4.79 Å². The first kappa shape index (κ1) is 14.2. The fraction of sp³-hybridized carbons (Fsp3) is 0.133. The molecular formula is C15H13OU-. The topological polar surface area (TPSA) is 17.1 Å². The van der Waals surface area contributed by atoms with Crippen molar-refractivity contribution >= 4 is 5.78 Å². The molecule has 0 aliphatic heterocycles. The third-order valence-electron chi connectivity index (χ3n) is 2.60. The fourth-order valence-electron chi connectivity index (χ4n) is 1.60. The molecule has 17 heavy (non-hydrogen) atoms. The number of hydrogen-bond acceptors (Lipinski definition) is 1. The number of rotatable bonds is 3. The van der Waals surface area contributed by atoms with Gasteiger partial charge in [0.2, 0.25) is 0 Å². The number of carbonyl (C=O) groups excluding carboxylic acids is 1. The molecule has 84 valence electrons. The second-order valence-corrected chi connectivity index (χ2v) is 3.67. The average molecular weight is 447 g/mol. The second-order valence-electron chi connectivity index (χ2n) is 3.67. The molecule has 2 heteroatoms. The summed E-state index contributed by atoms with van der Waals surface area (Å²) < 4.78 is 0. The normalized spacial score (nSPS) is 9.47. The van der Waals surface area contributed by atoms with Crippen molar-refractivity contribution in [3.8, 4) is 0 Å². The molecule has 0 saturated heterocycles. The zero-order valence-electron chi connectivity index (χ0n) is 9.73. The Morgan fingerprint density at radius 1 is 1.00 bits per heavy atom. The summed E-state index contributed by atoms with van der Waals surface area (Å²) in [6, 6.07) is 17.8. The van der Waals surface area contributed by atoms with E-state index in [1.54, 1.807) is 24.3 Å². The van der Waals surface area contributed by atoms with Crippen molar-refractivity contribution in [3.63, 3.8) is 0 Å². The van der Waals surface area contributed by atoms with E-state index >= 15 is 0 Å². The van der Waals surface area contributed by atoms with Crippen LogP contribution in [0.5, 0.6) is 0 Å². The summed E-state index contributed by atoms with van der Waals surface area (Å²) in [4.78, 5) is 12.0. The van der Waals surface area contributed by atoms with Crippen molar-refractivity contribution in [3.05, 3.63) is 71.3 Å². The Bertz CT molecular complexity index is 474. The Morgan fingerprint density at radius 3 is 2.06 bits per heavy atom. The summed E-state index contributed by atoms with van der Waals surface area (Å²) in [6.07, 6.45) is 0.995. The molecule has 0 fully saturated rings. The molecular weight excluding hydrogens is 434 g/mol. The minimum atomic E-state index is 0. The molecule has 0 radical (unpaired) electrons. The number of aryl methyl sites for hydroxylation is 1. The predicted octanol–water partition coefficient (Wildman–Crippen LogP) is 3.28. The van der Waals surface area contributed by atoms with Gasteiger partial charge in [-0.1, -0.05) is 36.8 Å². The first-order valence-electron chi connectivity index (χ1n) is 5.41. The van der Waals surface area contributed by atoms with Crippen LogP contribution in [-0.2, 0) is 6.42 Å². The van der Waals surface area contributed by atoms with Crippen LogP contribution in [0.3, 0.4) is 0 Å². The van der Waals surface area contributed by atoms with E-state index in [0.29, 0.717) is 5.56 Å². The smallest absolute Gasteiger partial charge is 0.169 e. The zero-order valence-corrected chi connectivity index (χ0v) is 13.9. The molecule has 2 aromatic rings. The third-order valence-corrected chi connectivity index (χ3v) is 2.60. The van der Waals surface area contributed by atoms with Crippen molar-refractivity contribution in [1.29, 1.82) is 0 Å². The Kier molecular flexibility index (Phi) is 5.68. The first-order chi connectivity index (χ1) is 7.81. The molecule has 2 aromatic carbocycles. The SMILES string of the molecule is CCc1ccc(C(=O)c2cc[c-]cc2)cc1.[U]. The first-order valence-corrected chi connectivity index (χ1v) is 5.41. The van der Waals surface area contributed by atoms with Gasteiger partial charge in [-0.15, -0.1) is 0 Å². The zero-order chi connectivity index (χ0) is 11.4. The van der Waals surface area contributed by atoms with Crippen LogP contribution in [0.25, 0.3) is 0 Å². The minimum Gasteiger partial charge on any atom is -0.291 e. The molecule has 0 unspecified atom stereocenters. The molecule has 1 nitrogen and oxygen atoms in total. The summed E-state index contributed by atoms with van der Waals surface area (Å²) >= 11 is 0. The van der Waals surface area contributed by atoms with Crippen LogP contribution in [0.15, 0.2) is 48.5 Å². The van der Waals surface area contributed by atoms with E-state index in [2.05, 4.69) is 13.0 Å². The minimum absolute atomic E-state index is 0. The molecule has 0 aliphatic rings. The molecule has 0 atom stereocenters. The summed E-state index contributed by atoms with van der Waals surface area (Å²) in [5.41, 5.74) is 2.70. The van der Waals surface area contributed by atoms with Gasteiger partial charge < -0.3 is 0 Å². The van der Waals surface area contributed by atoms with E-state index in [1.807, 2.05) is 24.3 Å². The Hall–Kier alpha value is -0.838. The van der Waals surface area contributed by atoms with E-state index in [0.717, 1.165) is 12.0 Å². The van der Waals surface area contributed by atoms with Crippen LogP contribution in [0.1, 0.15) is 28.4 Å². The molecule has 0 saturated carbocycles. The molecule has 2 rings (SSSR count). The van der Waals surface area contributed by atoms with Crippen LogP contribution < -0.4 is 0 Å². The Labute approximate surface area is 126 Å². The van der Waals surface area contributed by atoms with Gasteiger partial charge in [0, 0.05) is 36.7 Å². The average Bonchev–Trinajstić information content (AvgIpc) is 2.39. The van der Waals surface area contributed by atoms with Crippen LogP contribution in [0.4, 0.5) is 0 Å². The summed E-state index contributed by atoms with van der Waals surface area (Å²) in [7, 11) is 0.